The standard InChI is InChI=1S/C9H19NO2/c1-7(2)6-12-10-8-4-9(5-8)11-3/h7-10H,4-6H2,1-3H3. The number of hydrogen-bond acceptors (Lipinski definition) is 3. The highest BCUT2D eigenvalue weighted by atomic mass is 16.6. The highest BCUT2D eigenvalue weighted by molar-refractivity contribution is 4.83. The number of nitrogens with one attached hydrogen (secondary N) is 1. The van der Waals surface area contributed by atoms with Gasteiger partial charge >= 0.3 is 0 Å². The summed E-state index contributed by atoms with van der Waals surface area (Å²) in [6, 6.07) is 0.508. The second kappa shape index (κ2) is 4.80. The minimum absolute atomic E-state index is 0.449. The van der Waals surface area contributed by atoms with Crippen LogP contribution in [0.1, 0.15) is 26.7 Å². The largest absolute Gasteiger partial charge is 0.381 e. The van der Waals surface area contributed by atoms with Crippen LogP contribution in [-0.4, -0.2) is 25.9 Å². The van der Waals surface area contributed by atoms with Gasteiger partial charge in [0.2, 0.25) is 0 Å². The number of hydroxylamine groups is 1. The normalized spacial score (nSPS) is 29.0. The predicted molar refractivity (Wildman–Crippen MR) is 47.7 cm³/mol. The minimum atomic E-state index is 0.449. The molecule has 0 amide bonds. The lowest BCUT2D eigenvalue weighted by Gasteiger charge is -2.34. The summed E-state index contributed by atoms with van der Waals surface area (Å²) >= 11 is 0. The van der Waals surface area contributed by atoms with Gasteiger partial charge in [0.1, 0.15) is 0 Å². The third-order valence-electron chi connectivity index (χ3n) is 2.09. The van der Waals surface area contributed by atoms with Gasteiger partial charge in [-0.15, -0.1) is 0 Å². The number of hydrogen-bond donors (Lipinski definition) is 1. The van der Waals surface area contributed by atoms with Crippen molar-refractivity contribution >= 4 is 0 Å². The Hall–Kier alpha value is -0.120. The first-order valence-corrected chi connectivity index (χ1v) is 4.62. The lowest BCUT2D eigenvalue weighted by atomic mass is 9.90. The van der Waals surface area contributed by atoms with Crippen LogP contribution < -0.4 is 5.48 Å². The second-order valence-electron chi connectivity index (χ2n) is 3.85. The van der Waals surface area contributed by atoms with Gasteiger partial charge < -0.3 is 9.57 Å². The fourth-order valence-electron chi connectivity index (χ4n) is 1.19. The Kier molecular flexibility index (Phi) is 3.98. The van der Waals surface area contributed by atoms with Gasteiger partial charge in [-0.2, -0.15) is 5.48 Å². The van der Waals surface area contributed by atoms with E-state index in [1.54, 1.807) is 7.11 Å². The molecule has 0 atom stereocenters. The van der Waals surface area contributed by atoms with Crippen LogP contribution in [0.25, 0.3) is 0 Å². The SMILES string of the molecule is COC1CC(NOCC(C)C)C1. The van der Waals surface area contributed by atoms with Crippen molar-refractivity contribution in [2.75, 3.05) is 13.7 Å². The molecule has 0 radical (unpaired) electrons. The summed E-state index contributed by atoms with van der Waals surface area (Å²) in [6.07, 6.45) is 2.61. The van der Waals surface area contributed by atoms with Gasteiger partial charge in [-0.3, -0.25) is 0 Å². The van der Waals surface area contributed by atoms with E-state index in [9.17, 15) is 0 Å². The Morgan fingerprint density at radius 1 is 1.42 bits per heavy atom. The highest BCUT2D eigenvalue weighted by Crippen LogP contribution is 2.22. The molecule has 1 N–H and O–H groups in total. The molecular weight excluding hydrogens is 154 g/mol. The molecule has 0 aromatic rings. The molecule has 0 unspecified atom stereocenters. The van der Waals surface area contributed by atoms with Crippen molar-refractivity contribution in [1.82, 2.24) is 5.48 Å². The van der Waals surface area contributed by atoms with Crippen molar-refractivity contribution in [1.29, 1.82) is 0 Å². The molecule has 0 aromatic heterocycles. The van der Waals surface area contributed by atoms with Gasteiger partial charge in [0.05, 0.1) is 12.7 Å². The van der Waals surface area contributed by atoms with Crippen LogP contribution in [0.2, 0.25) is 0 Å². The molecule has 12 heavy (non-hydrogen) atoms. The molecule has 72 valence electrons. The third kappa shape index (κ3) is 3.09. The van der Waals surface area contributed by atoms with E-state index in [4.69, 9.17) is 9.57 Å². The maximum Gasteiger partial charge on any atom is 0.0705 e. The molecule has 0 spiro atoms. The van der Waals surface area contributed by atoms with Crippen LogP contribution in [0.3, 0.4) is 0 Å². The Labute approximate surface area is 74.4 Å². The van der Waals surface area contributed by atoms with E-state index in [1.165, 1.54) is 0 Å². The monoisotopic (exact) mass is 173 g/mol. The number of methoxy groups -OCH3 is 1. The van der Waals surface area contributed by atoms with Crippen molar-refractivity contribution in [3.05, 3.63) is 0 Å². The fraction of sp³-hybridized carbons (Fsp3) is 1.00. The maximum absolute atomic E-state index is 5.29. The number of rotatable bonds is 5. The van der Waals surface area contributed by atoms with Gasteiger partial charge in [-0.25, -0.2) is 0 Å². The molecule has 0 heterocycles. The van der Waals surface area contributed by atoms with Gasteiger partial charge in [-0.05, 0) is 18.8 Å². The zero-order valence-corrected chi connectivity index (χ0v) is 8.17. The first-order chi connectivity index (χ1) is 5.72. The molecule has 1 rings (SSSR count). The summed E-state index contributed by atoms with van der Waals surface area (Å²) < 4.78 is 5.15. The molecule has 1 aliphatic rings. The summed E-state index contributed by atoms with van der Waals surface area (Å²) in [7, 11) is 1.76. The van der Waals surface area contributed by atoms with Crippen molar-refractivity contribution in [3.63, 3.8) is 0 Å². The van der Waals surface area contributed by atoms with E-state index < -0.39 is 0 Å². The zero-order valence-electron chi connectivity index (χ0n) is 8.17. The maximum atomic E-state index is 5.29. The van der Waals surface area contributed by atoms with Gasteiger partial charge in [0, 0.05) is 13.2 Å². The van der Waals surface area contributed by atoms with Crippen LogP contribution in [0, 0.1) is 5.92 Å². The first kappa shape index (κ1) is 9.96. The first-order valence-electron chi connectivity index (χ1n) is 4.62. The van der Waals surface area contributed by atoms with E-state index in [2.05, 4.69) is 19.3 Å². The molecule has 3 nitrogen and oxygen atoms in total. The molecular formula is C9H19NO2. The van der Waals surface area contributed by atoms with Crippen LogP contribution in [-0.2, 0) is 9.57 Å². The minimum Gasteiger partial charge on any atom is -0.381 e. The molecule has 0 saturated heterocycles. The van der Waals surface area contributed by atoms with Gasteiger partial charge in [0.25, 0.3) is 0 Å². The molecule has 3 heteroatoms. The van der Waals surface area contributed by atoms with Crippen LogP contribution in [0.15, 0.2) is 0 Å². The van der Waals surface area contributed by atoms with Crippen molar-refractivity contribution in [2.45, 2.75) is 38.8 Å². The molecule has 1 aliphatic carbocycles. The summed E-state index contributed by atoms with van der Waals surface area (Å²) in [5, 5.41) is 0. The van der Waals surface area contributed by atoms with Crippen LogP contribution >= 0.6 is 0 Å². The van der Waals surface area contributed by atoms with Crippen LogP contribution in [0.5, 0.6) is 0 Å². The summed E-state index contributed by atoms with van der Waals surface area (Å²) in [4.78, 5) is 5.29. The van der Waals surface area contributed by atoms with E-state index in [1.807, 2.05) is 0 Å². The summed E-state index contributed by atoms with van der Waals surface area (Å²) in [5.74, 6) is 0.593. The van der Waals surface area contributed by atoms with Crippen molar-refractivity contribution in [2.24, 2.45) is 5.92 Å². The Morgan fingerprint density at radius 3 is 2.58 bits per heavy atom. The summed E-state index contributed by atoms with van der Waals surface area (Å²) in [6.45, 7) is 5.06. The Balaban J connectivity index is 1.90. The third-order valence-corrected chi connectivity index (χ3v) is 2.09. The van der Waals surface area contributed by atoms with E-state index in [0.717, 1.165) is 19.4 Å². The fourth-order valence-corrected chi connectivity index (χ4v) is 1.19. The molecule has 0 bridgehead atoms. The average molecular weight is 173 g/mol. The van der Waals surface area contributed by atoms with E-state index >= 15 is 0 Å². The zero-order chi connectivity index (χ0) is 8.97. The Morgan fingerprint density at radius 2 is 2.08 bits per heavy atom. The van der Waals surface area contributed by atoms with Gasteiger partial charge in [-0.1, -0.05) is 13.8 Å². The van der Waals surface area contributed by atoms with Crippen LogP contribution in [0.4, 0.5) is 0 Å². The molecule has 1 fully saturated rings. The highest BCUT2D eigenvalue weighted by Gasteiger charge is 2.28. The number of ether oxygens (including phenoxy) is 1. The average Bonchev–Trinajstić information content (AvgIpc) is 1.93. The molecule has 1 saturated carbocycles. The van der Waals surface area contributed by atoms with Crippen molar-refractivity contribution < 1.29 is 9.57 Å². The summed E-state index contributed by atoms with van der Waals surface area (Å²) in [5.41, 5.74) is 3.03. The quantitative estimate of drug-likeness (QED) is 0.636. The van der Waals surface area contributed by atoms with Crippen molar-refractivity contribution in [3.8, 4) is 0 Å². The molecule has 0 aliphatic heterocycles. The lowest BCUT2D eigenvalue weighted by molar-refractivity contribution is -0.0648. The lowest BCUT2D eigenvalue weighted by Crippen LogP contribution is -2.45. The topological polar surface area (TPSA) is 30.5 Å². The van der Waals surface area contributed by atoms with E-state index in [-0.39, 0.29) is 0 Å². The Bertz CT molecular complexity index is 122. The van der Waals surface area contributed by atoms with E-state index in [0.29, 0.717) is 18.1 Å². The molecule has 0 aromatic carbocycles. The second-order valence-corrected chi connectivity index (χ2v) is 3.85. The smallest absolute Gasteiger partial charge is 0.0705 e. The van der Waals surface area contributed by atoms with Gasteiger partial charge in [0.15, 0.2) is 0 Å². The predicted octanol–water partition coefficient (Wildman–Crippen LogP) is 1.34.